The van der Waals surface area contributed by atoms with Crippen LogP contribution in [0.2, 0.25) is 0 Å². The van der Waals surface area contributed by atoms with Crippen LogP contribution in [0.1, 0.15) is 25.3 Å². The number of ether oxygens (including phenoxy) is 1. The minimum atomic E-state index is -4.28. The quantitative estimate of drug-likeness (QED) is 0.643. The van der Waals surface area contributed by atoms with Crippen LogP contribution < -0.4 is 4.74 Å². The topological polar surface area (TPSA) is 93.0 Å². The molecule has 0 aromatic heterocycles. The molecule has 164 valence electrons. The number of hydrogen-bond donors (Lipinski definition) is 1. The molecule has 0 amide bonds. The summed E-state index contributed by atoms with van der Waals surface area (Å²) in [6, 6.07) is 13.1. The van der Waals surface area contributed by atoms with E-state index in [0.29, 0.717) is 22.9 Å². The Balaban J connectivity index is 1.72. The third-order valence-corrected chi connectivity index (χ3v) is 7.07. The van der Waals surface area contributed by atoms with Crippen LogP contribution >= 0.6 is 0 Å². The van der Waals surface area contributed by atoms with Crippen LogP contribution in [-0.2, 0) is 14.6 Å². The molecule has 1 heterocycles. The van der Waals surface area contributed by atoms with Gasteiger partial charge in [-0.1, -0.05) is 17.7 Å². The second kappa shape index (κ2) is 8.20. The highest BCUT2D eigenvalue weighted by molar-refractivity contribution is 7.95. The Morgan fingerprint density at radius 2 is 1.66 bits per heavy atom. The monoisotopic (exact) mass is 453 g/mol. The van der Waals surface area contributed by atoms with E-state index in [0.717, 1.165) is 11.6 Å². The number of aryl methyl sites for hydroxylation is 1. The zero-order chi connectivity index (χ0) is 23.0. The summed E-state index contributed by atoms with van der Waals surface area (Å²) in [6.07, 6.45) is 0.814. The summed E-state index contributed by atoms with van der Waals surface area (Å²) >= 11 is 0. The van der Waals surface area contributed by atoms with Gasteiger partial charge in [0.1, 0.15) is 22.2 Å². The van der Waals surface area contributed by atoms with Crippen molar-refractivity contribution < 1.29 is 27.4 Å². The van der Waals surface area contributed by atoms with Gasteiger partial charge in [-0.3, -0.25) is 9.79 Å². The normalized spacial score (nSPS) is 16.0. The first kappa shape index (κ1) is 21.7. The predicted octanol–water partition coefficient (Wildman–Crippen LogP) is 5.28. The molecule has 1 aliphatic carbocycles. The summed E-state index contributed by atoms with van der Waals surface area (Å²) in [6.45, 7) is 3.55. The summed E-state index contributed by atoms with van der Waals surface area (Å²) in [7, 11) is -4.28. The number of allylic oxidation sites excluding steroid dienone is 4. The third kappa shape index (κ3) is 4.01. The van der Waals surface area contributed by atoms with E-state index in [2.05, 4.69) is 4.99 Å². The number of sulfone groups is 1. The molecule has 32 heavy (non-hydrogen) atoms. The minimum Gasteiger partial charge on any atom is -0.481 e. The number of hydrogen-bond acceptors (Lipinski definition) is 5. The molecule has 1 N–H and O–H groups in total. The smallest absolute Gasteiger partial charge is 0.307 e. The molecule has 0 spiro atoms. The fourth-order valence-corrected chi connectivity index (χ4v) is 5.25. The largest absolute Gasteiger partial charge is 0.481 e. The molecule has 0 bridgehead atoms. The van der Waals surface area contributed by atoms with Crippen molar-refractivity contribution in [3.8, 4) is 11.5 Å². The van der Waals surface area contributed by atoms with Crippen LogP contribution in [-0.4, -0.2) is 25.2 Å². The van der Waals surface area contributed by atoms with Crippen LogP contribution in [0.4, 0.5) is 4.39 Å². The van der Waals surface area contributed by atoms with E-state index < -0.39 is 33.0 Å². The maximum atomic E-state index is 14.9. The number of nitrogens with zero attached hydrogens (tertiary/aromatic N) is 1. The van der Waals surface area contributed by atoms with Gasteiger partial charge in [-0.05, 0) is 61.9 Å². The molecule has 2 aromatic rings. The molecule has 0 radical (unpaired) electrons. The zero-order valence-electron chi connectivity index (χ0n) is 17.4. The Labute approximate surface area is 185 Å². The molecule has 2 aliphatic rings. The highest BCUT2D eigenvalue weighted by Gasteiger charge is 2.37. The molecule has 0 fully saturated rings. The number of aliphatic carboxylic acids is 1. The standard InChI is InChI=1S/C24H20FNO5S/c1-14-3-5-16(6-4-14)31-17-7-9-18(10-8-17)32(29,30)24-20(25)11-12-21-23(24)19(13-22(27)28)15(2)26-21/h3-11H,12-13H2,1-2H3,(H,27,28). The number of carbonyl (C=O) groups is 1. The number of halogens is 1. The number of aliphatic imine (C=N–C) groups is 1. The number of rotatable bonds is 6. The lowest BCUT2D eigenvalue weighted by Crippen LogP contribution is -2.17. The second-order valence-electron chi connectivity index (χ2n) is 7.54. The molecular formula is C24H20FNO5S. The van der Waals surface area contributed by atoms with Crippen molar-refractivity contribution in [1.82, 2.24) is 0 Å². The summed E-state index contributed by atoms with van der Waals surface area (Å²) < 4.78 is 47.4. The Bertz CT molecular complexity index is 1330. The molecule has 6 nitrogen and oxygen atoms in total. The van der Waals surface area contributed by atoms with Crippen molar-refractivity contribution in [2.24, 2.45) is 4.99 Å². The first-order chi connectivity index (χ1) is 15.2. The molecule has 1 aliphatic heterocycles. The first-order valence-electron chi connectivity index (χ1n) is 9.86. The molecule has 0 saturated carbocycles. The van der Waals surface area contributed by atoms with Crippen molar-refractivity contribution in [3.05, 3.63) is 87.7 Å². The SMILES string of the molecule is CC1=C(CC(=O)O)C2=C(S(=O)(=O)c3ccc(Oc4ccc(C)cc4)cc3)C(F)=CCC2=N1. The number of benzene rings is 2. The first-order valence-corrected chi connectivity index (χ1v) is 11.3. The Morgan fingerprint density at radius 3 is 2.25 bits per heavy atom. The van der Waals surface area contributed by atoms with Gasteiger partial charge in [0.05, 0.1) is 17.0 Å². The molecule has 0 saturated heterocycles. The zero-order valence-corrected chi connectivity index (χ0v) is 18.2. The third-order valence-electron chi connectivity index (χ3n) is 5.24. The van der Waals surface area contributed by atoms with Gasteiger partial charge < -0.3 is 9.84 Å². The van der Waals surface area contributed by atoms with Gasteiger partial charge in [0.15, 0.2) is 0 Å². The maximum absolute atomic E-state index is 14.9. The van der Waals surface area contributed by atoms with E-state index in [1.807, 2.05) is 19.1 Å². The van der Waals surface area contributed by atoms with E-state index in [1.54, 1.807) is 19.1 Å². The fourth-order valence-electron chi connectivity index (χ4n) is 3.67. The van der Waals surface area contributed by atoms with Gasteiger partial charge in [-0.15, -0.1) is 0 Å². The van der Waals surface area contributed by atoms with E-state index in [9.17, 15) is 22.7 Å². The van der Waals surface area contributed by atoms with Crippen LogP contribution in [0, 0.1) is 6.92 Å². The molecule has 0 unspecified atom stereocenters. The summed E-state index contributed by atoms with van der Waals surface area (Å²) in [5.41, 5.74) is 2.10. The van der Waals surface area contributed by atoms with Gasteiger partial charge in [0.25, 0.3) is 0 Å². The van der Waals surface area contributed by atoms with E-state index in [4.69, 9.17) is 4.74 Å². The Morgan fingerprint density at radius 1 is 1.06 bits per heavy atom. The molecular weight excluding hydrogens is 433 g/mol. The second-order valence-corrected chi connectivity index (χ2v) is 9.43. The van der Waals surface area contributed by atoms with Gasteiger partial charge in [0, 0.05) is 17.7 Å². The van der Waals surface area contributed by atoms with Crippen LogP contribution in [0.3, 0.4) is 0 Å². The van der Waals surface area contributed by atoms with Crippen molar-refractivity contribution in [3.63, 3.8) is 0 Å². The van der Waals surface area contributed by atoms with Crippen LogP contribution in [0.25, 0.3) is 0 Å². The van der Waals surface area contributed by atoms with Crippen LogP contribution in [0.15, 0.2) is 92.1 Å². The molecule has 8 heteroatoms. The number of fused-ring (bicyclic) bond motifs is 1. The lowest BCUT2D eigenvalue weighted by atomic mass is 9.94. The number of carboxylic acids is 1. The van der Waals surface area contributed by atoms with Crippen molar-refractivity contribution in [1.29, 1.82) is 0 Å². The van der Waals surface area contributed by atoms with Gasteiger partial charge in [0.2, 0.25) is 9.84 Å². The Kier molecular flexibility index (Phi) is 5.56. The van der Waals surface area contributed by atoms with Crippen molar-refractivity contribution in [2.45, 2.75) is 31.6 Å². The lowest BCUT2D eigenvalue weighted by molar-refractivity contribution is -0.136. The highest BCUT2D eigenvalue weighted by Crippen LogP contribution is 2.41. The lowest BCUT2D eigenvalue weighted by Gasteiger charge is -2.18. The minimum absolute atomic E-state index is 0.0601. The van der Waals surface area contributed by atoms with Gasteiger partial charge in [-0.25, -0.2) is 12.8 Å². The van der Waals surface area contributed by atoms with Gasteiger partial charge in [-0.2, -0.15) is 0 Å². The number of carboxylic acid groups (broad SMARTS) is 1. The van der Waals surface area contributed by atoms with Gasteiger partial charge >= 0.3 is 5.97 Å². The average molecular weight is 453 g/mol. The predicted molar refractivity (Wildman–Crippen MR) is 118 cm³/mol. The fraction of sp³-hybridized carbons (Fsp3) is 0.167. The molecule has 0 atom stereocenters. The van der Waals surface area contributed by atoms with Crippen molar-refractivity contribution in [2.75, 3.05) is 0 Å². The highest BCUT2D eigenvalue weighted by atomic mass is 32.2. The molecule has 2 aromatic carbocycles. The average Bonchev–Trinajstić information content (AvgIpc) is 3.04. The van der Waals surface area contributed by atoms with Crippen LogP contribution in [0.5, 0.6) is 11.5 Å². The molecule has 4 rings (SSSR count). The van der Waals surface area contributed by atoms with Crippen molar-refractivity contribution >= 4 is 21.5 Å². The van der Waals surface area contributed by atoms with E-state index >= 15 is 0 Å². The maximum Gasteiger partial charge on any atom is 0.307 e. The Hall–Kier alpha value is -3.52. The summed E-state index contributed by atoms with van der Waals surface area (Å²) in [4.78, 5) is 14.9. The summed E-state index contributed by atoms with van der Waals surface area (Å²) in [5, 5.41) is 9.24. The van der Waals surface area contributed by atoms with E-state index in [1.165, 1.54) is 24.3 Å². The van der Waals surface area contributed by atoms with E-state index in [-0.39, 0.29) is 22.5 Å². The summed E-state index contributed by atoms with van der Waals surface area (Å²) in [5.74, 6) is -1.03.